The first-order valence-electron chi connectivity index (χ1n) is 8.93. The van der Waals surface area contributed by atoms with Crippen molar-refractivity contribution in [3.8, 4) is 0 Å². The molecule has 1 aromatic carbocycles. The van der Waals surface area contributed by atoms with Crippen LogP contribution in [0.2, 0.25) is 0 Å². The number of aliphatic hydroxyl groups is 1. The molecule has 0 aliphatic rings. The van der Waals surface area contributed by atoms with Crippen molar-refractivity contribution in [3.05, 3.63) is 52.2 Å². The topological polar surface area (TPSA) is 58.0 Å². The maximum atomic E-state index is 14.2. The predicted octanol–water partition coefficient (Wildman–Crippen LogP) is 4.76. The Morgan fingerprint density at radius 3 is 2.46 bits per heavy atom. The number of nitrogens with zero attached hydrogens (tertiary/aromatic N) is 2. The average molecular weight is 403 g/mol. The van der Waals surface area contributed by atoms with Gasteiger partial charge in [-0.15, -0.1) is 0 Å². The first kappa shape index (κ1) is 22.0. The van der Waals surface area contributed by atoms with Crippen LogP contribution in [0.5, 0.6) is 0 Å². The van der Waals surface area contributed by atoms with Crippen LogP contribution >= 0.6 is 0 Å². The van der Waals surface area contributed by atoms with Gasteiger partial charge in [-0.2, -0.15) is 8.78 Å². The lowest BCUT2D eigenvalue weighted by molar-refractivity contribution is -0.0631. The van der Waals surface area contributed by atoms with E-state index in [4.69, 9.17) is 5.11 Å². The highest BCUT2D eigenvalue weighted by atomic mass is 19.3. The standard InChI is InChI=1S/C19H22F5N3O/c1-3-6-14-12(4-2)17(27-18(26-14)19(23,24)10-28)25-9-11-7-5-8-13(15(11)20)16(21)22/h5,7-8,16,28H,3-4,6,9-10H2,1-2H3,(H,25,26,27). The molecule has 2 N–H and O–H groups in total. The number of halogens is 5. The number of alkyl halides is 4. The molecule has 0 fully saturated rings. The Hall–Kier alpha value is -2.29. The van der Waals surface area contributed by atoms with Crippen molar-refractivity contribution >= 4 is 5.82 Å². The van der Waals surface area contributed by atoms with Gasteiger partial charge >= 0.3 is 5.92 Å². The van der Waals surface area contributed by atoms with E-state index < -0.39 is 36.2 Å². The molecule has 0 amide bonds. The summed E-state index contributed by atoms with van der Waals surface area (Å²) in [5, 5.41) is 11.7. The molecule has 0 unspecified atom stereocenters. The molecule has 0 saturated carbocycles. The van der Waals surface area contributed by atoms with E-state index in [-0.39, 0.29) is 17.9 Å². The van der Waals surface area contributed by atoms with Gasteiger partial charge in [0.25, 0.3) is 6.43 Å². The van der Waals surface area contributed by atoms with Crippen LogP contribution in [-0.2, 0) is 25.3 Å². The van der Waals surface area contributed by atoms with Gasteiger partial charge < -0.3 is 10.4 Å². The van der Waals surface area contributed by atoms with Crippen LogP contribution in [0.4, 0.5) is 27.8 Å². The molecule has 0 radical (unpaired) electrons. The summed E-state index contributed by atoms with van der Waals surface area (Å²) in [6, 6.07) is 3.62. The Balaban J connectivity index is 2.43. The van der Waals surface area contributed by atoms with E-state index in [1.807, 2.05) is 6.92 Å². The van der Waals surface area contributed by atoms with Crippen molar-refractivity contribution in [2.45, 2.75) is 52.0 Å². The lowest BCUT2D eigenvalue weighted by atomic mass is 10.1. The SMILES string of the molecule is CCCc1nc(C(F)(F)CO)nc(NCc2cccc(C(F)F)c2F)c1CC. The van der Waals surface area contributed by atoms with Crippen LogP contribution in [0.25, 0.3) is 0 Å². The van der Waals surface area contributed by atoms with Crippen LogP contribution in [0, 0.1) is 5.82 Å². The van der Waals surface area contributed by atoms with Crippen LogP contribution < -0.4 is 5.32 Å². The van der Waals surface area contributed by atoms with E-state index in [2.05, 4.69) is 15.3 Å². The fraction of sp³-hybridized carbons (Fsp3) is 0.474. The van der Waals surface area contributed by atoms with Gasteiger partial charge in [0.1, 0.15) is 18.2 Å². The fourth-order valence-electron chi connectivity index (χ4n) is 2.81. The summed E-state index contributed by atoms with van der Waals surface area (Å²) in [6.45, 7) is 2.00. The lowest BCUT2D eigenvalue weighted by Crippen LogP contribution is -2.24. The molecule has 1 heterocycles. The Morgan fingerprint density at radius 2 is 1.89 bits per heavy atom. The van der Waals surface area contributed by atoms with Crippen molar-refractivity contribution in [2.24, 2.45) is 0 Å². The number of aliphatic hydroxyl groups excluding tert-OH is 1. The Bertz CT molecular complexity index is 814. The molecule has 0 bridgehead atoms. The zero-order chi connectivity index (χ0) is 20.9. The smallest absolute Gasteiger partial charge is 0.329 e. The second-order valence-electron chi connectivity index (χ2n) is 6.26. The molecule has 28 heavy (non-hydrogen) atoms. The summed E-state index contributed by atoms with van der Waals surface area (Å²) < 4.78 is 67.8. The average Bonchev–Trinajstić information content (AvgIpc) is 2.66. The highest BCUT2D eigenvalue weighted by molar-refractivity contribution is 5.48. The zero-order valence-corrected chi connectivity index (χ0v) is 15.6. The van der Waals surface area contributed by atoms with Gasteiger partial charge in [0.15, 0.2) is 0 Å². The van der Waals surface area contributed by atoms with E-state index in [1.54, 1.807) is 6.92 Å². The van der Waals surface area contributed by atoms with Gasteiger partial charge in [0.2, 0.25) is 5.82 Å². The monoisotopic (exact) mass is 403 g/mol. The van der Waals surface area contributed by atoms with Gasteiger partial charge in [0.05, 0.1) is 5.56 Å². The summed E-state index contributed by atoms with van der Waals surface area (Å²) in [6.07, 6.45) is -1.46. The molecule has 2 rings (SSSR count). The summed E-state index contributed by atoms with van der Waals surface area (Å²) in [4.78, 5) is 7.74. The Labute approximate surface area is 159 Å². The van der Waals surface area contributed by atoms with Crippen LogP contribution in [0.15, 0.2) is 18.2 Å². The number of hydrogen-bond donors (Lipinski definition) is 2. The van der Waals surface area contributed by atoms with E-state index in [0.29, 0.717) is 30.5 Å². The molecular formula is C19H22F5N3O. The number of nitrogens with one attached hydrogen (secondary N) is 1. The summed E-state index contributed by atoms with van der Waals surface area (Å²) in [5.41, 5.74) is 0.236. The van der Waals surface area contributed by atoms with Crippen molar-refractivity contribution in [3.63, 3.8) is 0 Å². The molecule has 0 saturated heterocycles. The van der Waals surface area contributed by atoms with E-state index in [9.17, 15) is 22.0 Å². The van der Waals surface area contributed by atoms with Crippen LogP contribution in [-0.4, -0.2) is 21.7 Å². The lowest BCUT2D eigenvalue weighted by Gasteiger charge is -2.19. The maximum Gasteiger partial charge on any atom is 0.329 e. The second-order valence-corrected chi connectivity index (χ2v) is 6.26. The highest BCUT2D eigenvalue weighted by Crippen LogP contribution is 2.29. The summed E-state index contributed by atoms with van der Waals surface area (Å²) in [5.74, 6) is -5.44. The molecule has 4 nitrogen and oxygen atoms in total. The third kappa shape index (κ3) is 4.76. The fourth-order valence-corrected chi connectivity index (χ4v) is 2.81. The molecular weight excluding hydrogens is 381 g/mol. The summed E-state index contributed by atoms with van der Waals surface area (Å²) in [7, 11) is 0. The van der Waals surface area contributed by atoms with Gasteiger partial charge in [-0.3, -0.25) is 0 Å². The first-order chi connectivity index (χ1) is 13.2. The molecule has 1 aromatic heterocycles. The molecule has 0 aliphatic carbocycles. The largest absolute Gasteiger partial charge is 0.390 e. The van der Waals surface area contributed by atoms with Gasteiger partial charge in [-0.1, -0.05) is 38.5 Å². The number of anilines is 1. The molecule has 9 heteroatoms. The molecule has 0 spiro atoms. The normalized spacial score (nSPS) is 11.9. The van der Waals surface area contributed by atoms with Crippen LogP contribution in [0.3, 0.4) is 0 Å². The second kappa shape index (κ2) is 9.27. The van der Waals surface area contributed by atoms with Crippen LogP contribution in [0.1, 0.15) is 54.9 Å². The van der Waals surface area contributed by atoms with Crippen molar-refractivity contribution < 1.29 is 27.1 Å². The zero-order valence-electron chi connectivity index (χ0n) is 15.6. The Morgan fingerprint density at radius 1 is 1.18 bits per heavy atom. The quantitative estimate of drug-likeness (QED) is 0.593. The molecule has 154 valence electrons. The van der Waals surface area contributed by atoms with Crippen molar-refractivity contribution in [1.82, 2.24) is 9.97 Å². The predicted molar refractivity (Wildman–Crippen MR) is 95.1 cm³/mol. The highest BCUT2D eigenvalue weighted by Gasteiger charge is 2.35. The van der Waals surface area contributed by atoms with E-state index >= 15 is 0 Å². The number of benzene rings is 1. The van der Waals surface area contributed by atoms with Gasteiger partial charge in [-0.25, -0.2) is 23.1 Å². The molecule has 0 atom stereocenters. The maximum absolute atomic E-state index is 14.2. The van der Waals surface area contributed by atoms with E-state index in [0.717, 1.165) is 6.07 Å². The number of rotatable bonds is 9. The van der Waals surface area contributed by atoms with E-state index in [1.165, 1.54) is 12.1 Å². The minimum absolute atomic E-state index is 0.0361. The number of aromatic nitrogens is 2. The van der Waals surface area contributed by atoms with Gasteiger partial charge in [-0.05, 0) is 12.8 Å². The molecule has 0 aliphatic heterocycles. The minimum Gasteiger partial charge on any atom is -0.390 e. The first-order valence-corrected chi connectivity index (χ1v) is 8.93. The number of hydrogen-bond acceptors (Lipinski definition) is 4. The number of aryl methyl sites for hydroxylation is 1. The Kier molecular flexibility index (Phi) is 7.29. The van der Waals surface area contributed by atoms with Gasteiger partial charge in [0, 0.05) is 23.4 Å². The van der Waals surface area contributed by atoms with Crippen molar-refractivity contribution in [2.75, 3.05) is 11.9 Å². The van der Waals surface area contributed by atoms with Crippen molar-refractivity contribution in [1.29, 1.82) is 0 Å². The molecule has 2 aromatic rings. The minimum atomic E-state index is -3.63. The summed E-state index contributed by atoms with van der Waals surface area (Å²) >= 11 is 0. The third-order valence-electron chi connectivity index (χ3n) is 4.25. The third-order valence-corrected chi connectivity index (χ3v) is 4.25.